The maximum Gasteiger partial charge on any atom is 0.0535 e. The van der Waals surface area contributed by atoms with E-state index in [4.69, 9.17) is 0 Å². The number of benzene rings is 2. The molecule has 1 heteroatoms. The molecule has 0 amide bonds. The zero-order chi connectivity index (χ0) is 9.54. The summed E-state index contributed by atoms with van der Waals surface area (Å²) in [7, 11) is 0. The van der Waals surface area contributed by atoms with Crippen LogP contribution >= 0.6 is 0 Å². The van der Waals surface area contributed by atoms with Crippen LogP contribution in [0.2, 0.25) is 0 Å². The molecule has 68 valence electrons. The molecular formula is C13H11N. The van der Waals surface area contributed by atoms with Gasteiger partial charge in [0.15, 0.2) is 0 Å². The summed E-state index contributed by atoms with van der Waals surface area (Å²) >= 11 is 0. The highest BCUT2D eigenvalue weighted by atomic mass is 14.7. The number of hydrogen-bond donors (Lipinski definition) is 1. The number of aromatic amines is 1. The molecule has 0 aliphatic carbocycles. The molecule has 3 aromatic rings. The van der Waals surface area contributed by atoms with Gasteiger partial charge >= 0.3 is 0 Å². The summed E-state index contributed by atoms with van der Waals surface area (Å²) in [5.41, 5.74) is 2.47. The molecule has 1 heterocycles. The van der Waals surface area contributed by atoms with Crippen LogP contribution in [-0.4, -0.2) is 4.98 Å². The van der Waals surface area contributed by atoms with Gasteiger partial charge in [0.1, 0.15) is 0 Å². The van der Waals surface area contributed by atoms with Crippen molar-refractivity contribution in [1.29, 1.82) is 0 Å². The smallest absolute Gasteiger partial charge is 0.0535 e. The van der Waals surface area contributed by atoms with Crippen molar-refractivity contribution in [2.45, 2.75) is 6.92 Å². The van der Waals surface area contributed by atoms with E-state index in [1.54, 1.807) is 0 Å². The largest absolute Gasteiger partial charge is 0.358 e. The van der Waals surface area contributed by atoms with Gasteiger partial charge in [-0.05, 0) is 18.4 Å². The number of aromatic nitrogens is 1. The standard InChI is InChI=1S/C13H11N/c1-9-8-11-7-6-10-4-2-3-5-12(10)13(11)14-9/h2-8,14H,1H3. The minimum Gasteiger partial charge on any atom is -0.358 e. The van der Waals surface area contributed by atoms with Crippen molar-refractivity contribution in [2.75, 3.05) is 0 Å². The molecule has 0 radical (unpaired) electrons. The Morgan fingerprint density at radius 3 is 2.64 bits per heavy atom. The number of nitrogens with one attached hydrogen (secondary N) is 1. The van der Waals surface area contributed by atoms with E-state index in [9.17, 15) is 0 Å². The first-order valence-electron chi connectivity index (χ1n) is 4.82. The molecule has 0 fully saturated rings. The topological polar surface area (TPSA) is 15.8 Å². The lowest BCUT2D eigenvalue weighted by Gasteiger charge is -1.98. The predicted molar refractivity (Wildman–Crippen MR) is 60.5 cm³/mol. The molecule has 0 saturated heterocycles. The third-order valence-electron chi connectivity index (χ3n) is 2.66. The van der Waals surface area contributed by atoms with Crippen LogP contribution in [0, 0.1) is 6.92 Å². The quantitative estimate of drug-likeness (QED) is 0.545. The van der Waals surface area contributed by atoms with E-state index in [0.29, 0.717) is 0 Å². The Kier molecular flexibility index (Phi) is 1.42. The molecule has 0 bridgehead atoms. The van der Waals surface area contributed by atoms with Crippen molar-refractivity contribution < 1.29 is 0 Å². The highest BCUT2D eigenvalue weighted by molar-refractivity contribution is 6.05. The second-order valence-electron chi connectivity index (χ2n) is 3.70. The number of hydrogen-bond acceptors (Lipinski definition) is 0. The number of fused-ring (bicyclic) bond motifs is 3. The normalized spacial score (nSPS) is 11.2. The van der Waals surface area contributed by atoms with Crippen LogP contribution in [0.4, 0.5) is 0 Å². The first-order valence-corrected chi connectivity index (χ1v) is 4.82. The molecule has 0 aliphatic heterocycles. The van der Waals surface area contributed by atoms with E-state index in [1.807, 2.05) is 0 Å². The van der Waals surface area contributed by atoms with E-state index < -0.39 is 0 Å². The minimum atomic E-state index is 1.22. The lowest BCUT2D eigenvalue weighted by molar-refractivity contribution is 1.31. The van der Waals surface area contributed by atoms with Crippen molar-refractivity contribution >= 4 is 21.7 Å². The van der Waals surface area contributed by atoms with Gasteiger partial charge in [0.05, 0.1) is 5.52 Å². The van der Waals surface area contributed by atoms with Crippen LogP contribution < -0.4 is 0 Å². The average Bonchev–Trinajstić information content (AvgIpc) is 2.59. The summed E-state index contributed by atoms with van der Waals surface area (Å²) in [6.45, 7) is 2.09. The molecule has 0 aliphatic rings. The number of aryl methyl sites for hydroxylation is 1. The zero-order valence-corrected chi connectivity index (χ0v) is 8.04. The van der Waals surface area contributed by atoms with Crippen LogP contribution in [0.5, 0.6) is 0 Å². The van der Waals surface area contributed by atoms with Gasteiger partial charge in [-0.15, -0.1) is 0 Å². The molecule has 3 rings (SSSR count). The SMILES string of the molecule is Cc1cc2ccc3ccccc3c2[nH]1. The summed E-state index contributed by atoms with van der Waals surface area (Å²) in [4.78, 5) is 3.40. The Balaban J connectivity index is 2.60. The fourth-order valence-electron chi connectivity index (χ4n) is 2.01. The van der Waals surface area contributed by atoms with Crippen molar-refractivity contribution in [3.05, 3.63) is 48.2 Å². The molecule has 0 atom stereocenters. The third kappa shape index (κ3) is 0.956. The Morgan fingerprint density at radius 2 is 1.71 bits per heavy atom. The first-order chi connectivity index (χ1) is 6.84. The van der Waals surface area contributed by atoms with Crippen molar-refractivity contribution in [3.63, 3.8) is 0 Å². The summed E-state index contributed by atoms with van der Waals surface area (Å²) in [5, 5.41) is 3.89. The van der Waals surface area contributed by atoms with Crippen LogP contribution in [0.1, 0.15) is 5.69 Å². The van der Waals surface area contributed by atoms with Crippen molar-refractivity contribution in [3.8, 4) is 0 Å². The Bertz CT molecular complexity index is 605. The van der Waals surface area contributed by atoms with Gasteiger partial charge in [-0.25, -0.2) is 0 Å². The van der Waals surface area contributed by atoms with Gasteiger partial charge in [0.2, 0.25) is 0 Å². The molecule has 1 aromatic heterocycles. The van der Waals surface area contributed by atoms with E-state index in [1.165, 1.54) is 27.4 Å². The molecule has 0 spiro atoms. The Labute approximate surface area is 82.4 Å². The van der Waals surface area contributed by atoms with Crippen LogP contribution in [0.3, 0.4) is 0 Å². The lowest BCUT2D eigenvalue weighted by atomic mass is 10.1. The van der Waals surface area contributed by atoms with E-state index in [-0.39, 0.29) is 0 Å². The molecule has 2 aromatic carbocycles. The average molecular weight is 181 g/mol. The van der Waals surface area contributed by atoms with Gasteiger partial charge in [-0.2, -0.15) is 0 Å². The molecule has 1 N–H and O–H groups in total. The van der Waals surface area contributed by atoms with Gasteiger partial charge < -0.3 is 4.98 Å². The van der Waals surface area contributed by atoms with Crippen molar-refractivity contribution in [1.82, 2.24) is 4.98 Å². The fourth-order valence-corrected chi connectivity index (χ4v) is 2.01. The summed E-state index contributed by atoms with van der Waals surface area (Å²) < 4.78 is 0. The molecule has 1 nitrogen and oxygen atoms in total. The van der Waals surface area contributed by atoms with Crippen LogP contribution in [-0.2, 0) is 0 Å². The lowest BCUT2D eigenvalue weighted by Crippen LogP contribution is -1.74. The summed E-state index contributed by atoms with van der Waals surface area (Å²) in [6.07, 6.45) is 0. The van der Waals surface area contributed by atoms with E-state index in [0.717, 1.165) is 0 Å². The predicted octanol–water partition coefficient (Wildman–Crippen LogP) is 3.63. The van der Waals surface area contributed by atoms with E-state index in [2.05, 4.69) is 54.4 Å². The molecule has 0 saturated carbocycles. The summed E-state index contributed by atoms with van der Waals surface area (Å²) in [5.74, 6) is 0. The van der Waals surface area contributed by atoms with Crippen molar-refractivity contribution in [2.24, 2.45) is 0 Å². The van der Waals surface area contributed by atoms with Gasteiger partial charge in [-0.1, -0.05) is 36.4 Å². The minimum absolute atomic E-state index is 1.22. The second kappa shape index (κ2) is 2.61. The Morgan fingerprint density at radius 1 is 0.929 bits per heavy atom. The monoisotopic (exact) mass is 181 g/mol. The second-order valence-corrected chi connectivity index (χ2v) is 3.70. The van der Waals surface area contributed by atoms with E-state index >= 15 is 0 Å². The Hall–Kier alpha value is -1.76. The maximum atomic E-state index is 3.40. The maximum absolute atomic E-state index is 3.40. The highest BCUT2D eigenvalue weighted by Crippen LogP contribution is 2.24. The van der Waals surface area contributed by atoms with Gasteiger partial charge in [0, 0.05) is 16.5 Å². The highest BCUT2D eigenvalue weighted by Gasteiger charge is 2.01. The zero-order valence-electron chi connectivity index (χ0n) is 8.04. The van der Waals surface area contributed by atoms with Gasteiger partial charge in [0.25, 0.3) is 0 Å². The van der Waals surface area contributed by atoms with Gasteiger partial charge in [-0.3, -0.25) is 0 Å². The fraction of sp³-hybridized carbons (Fsp3) is 0.0769. The van der Waals surface area contributed by atoms with Crippen LogP contribution in [0.15, 0.2) is 42.5 Å². The molecule has 14 heavy (non-hydrogen) atoms. The molecule has 0 unspecified atom stereocenters. The number of H-pyrrole nitrogens is 1. The molecular weight excluding hydrogens is 170 g/mol. The third-order valence-corrected chi connectivity index (χ3v) is 2.66. The van der Waals surface area contributed by atoms with Crippen LogP contribution in [0.25, 0.3) is 21.7 Å². The summed E-state index contributed by atoms with van der Waals surface area (Å²) in [6, 6.07) is 15.0. The first kappa shape index (κ1) is 7.63. The number of rotatable bonds is 0.